The van der Waals surface area contributed by atoms with Gasteiger partial charge in [0.1, 0.15) is 0 Å². The van der Waals surface area contributed by atoms with E-state index in [0.717, 1.165) is 21.3 Å². The van der Waals surface area contributed by atoms with Gasteiger partial charge in [-0.05, 0) is 47.5 Å². The van der Waals surface area contributed by atoms with Gasteiger partial charge >= 0.3 is 0 Å². The van der Waals surface area contributed by atoms with Crippen LogP contribution in [0.2, 0.25) is 0 Å². The summed E-state index contributed by atoms with van der Waals surface area (Å²) in [6, 6.07) is 7.49. The summed E-state index contributed by atoms with van der Waals surface area (Å²) in [7, 11) is 1.89. The molecular weight excluding hydrogens is 382 g/mol. The molecule has 1 amide bonds. The highest BCUT2D eigenvalue weighted by Gasteiger charge is 2.15. The van der Waals surface area contributed by atoms with Crippen molar-refractivity contribution >= 4 is 21.8 Å². The van der Waals surface area contributed by atoms with Gasteiger partial charge in [0.15, 0.2) is 0 Å². The largest absolute Gasteiger partial charge is 0.345 e. The van der Waals surface area contributed by atoms with Crippen molar-refractivity contribution in [3.8, 4) is 0 Å². The van der Waals surface area contributed by atoms with Crippen LogP contribution in [-0.4, -0.2) is 25.5 Å². The number of benzene rings is 1. The lowest BCUT2D eigenvalue weighted by Crippen LogP contribution is -2.27. The van der Waals surface area contributed by atoms with E-state index in [1.165, 1.54) is 0 Å². The van der Waals surface area contributed by atoms with Gasteiger partial charge in [0.25, 0.3) is 5.91 Å². The van der Waals surface area contributed by atoms with Gasteiger partial charge in [0, 0.05) is 30.1 Å². The maximum atomic E-state index is 12.6. The summed E-state index contributed by atoms with van der Waals surface area (Å²) in [5.74, 6) is -0.0979. The van der Waals surface area contributed by atoms with Crippen molar-refractivity contribution < 1.29 is 4.79 Å². The molecule has 6 nitrogen and oxygen atoms in total. The minimum absolute atomic E-state index is 0.0979. The van der Waals surface area contributed by atoms with Crippen molar-refractivity contribution in [2.45, 2.75) is 26.4 Å². The minimum atomic E-state index is -0.105. The molecular formula is C18H20BrN5O. The van der Waals surface area contributed by atoms with Crippen LogP contribution in [0.1, 0.15) is 40.1 Å². The molecule has 0 radical (unpaired) electrons. The van der Waals surface area contributed by atoms with Crippen LogP contribution in [0.5, 0.6) is 0 Å². The van der Waals surface area contributed by atoms with Crippen LogP contribution in [0.3, 0.4) is 0 Å². The van der Waals surface area contributed by atoms with Gasteiger partial charge in [-0.15, -0.1) is 0 Å². The summed E-state index contributed by atoms with van der Waals surface area (Å²) in [4.78, 5) is 12.6. The Bertz CT molecular complexity index is 899. The fraction of sp³-hybridized carbons (Fsp3) is 0.278. The quantitative estimate of drug-likeness (QED) is 0.713. The zero-order chi connectivity index (χ0) is 18.0. The molecule has 0 aliphatic rings. The fourth-order valence-electron chi connectivity index (χ4n) is 2.72. The number of halogens is 1. The lowest BCUT2D eigenvalue weighted by molar-refractivity contribution is 0.0939. The van der Waals surface area contributed by atoms with E-state index in [1.54, 1.807) is 17.1 Å². The number of hydrogen-bond donors (Lipinski definition) is 1. The summed E-state index contributed by atoms with van der Waals surface area (Å²) in [6.45, 7) is 4.57. The third-order valence-corrected chi connectivity index (χ3v) is 4.63. The molecule has 25 heavy (non-hydrogen) atoms. The Morgan fingerprint density at radius 1 is 1.32 bits per heavy atom. The Morgan fingerprint density at radius 2 is 2.12 bits per heavy atom. The number of rotatable bonds is 5. The molecule has 3 aromatic rings. The molecule has 0 aliphatic heterocycles. The smallest absolute Gasteiger partial charge is 0.251 e. The van der Waals surface area contributed by atoms with Crippen LogP contribution in [0.15, 0.2) is 47.3 Å². The third-order valence-electron chi connectivity index (χ3n) is 4.22. The molecule has 1 N–H and O–H groups in total. The van der Waals surface area contributed by atoms with Crippen LogP contribution in [0, 0.1) is 6.92 Å². The first-order valence-electron chi connectivity index (χ1n) is 8.00. The number of hydrogen-bond acceptors (Lipinski definition) is 3. The van der Waals surface area contributed by atoms with E-state index in [0.29, 0.717) is 12.1 Å². The molecule has 1 aromatic carbocycles. The summed E-state index contributed by atoms with van der Waals surface area (Å²) in [6.07, 6.45) is 5.45. The molecule has 2 heterocycles. The second-order valence-electron chi connectivity index (χ2n) is 6.06. The van der Waals surface area contributed by atoms with Gasteiger partial charge in [-0.3, -0.25) is 14.2 Å². The summed E-state index contributed by atoms with van der Waals surface area (Å²) in [5.41, 5.74) is 3.73. The highest BCUT2D eigenvalue weighted by molar-refractivity contribution is 9.10. The highest BCUT2D eigenvalue weighted by atomic mass is 79.9. The molecule has 2 aromatic heterocycles. The summed E-state index contributed by atoms with van der Waals surface area (Å²) in [5, 5.41) is 11.5. The minimum Gasteiger partial charge on any atom is -0.345 e. The molecule has 0 spiro atoms. The summed E-state index contributed by atoms with van der Waals surface area (Å²) < 4.78 is 4.56. The molecule has 0 aliphatic carbocycles. The maximum absolute atomic E-state index is 12.6. The van der Waals surface area contributed by atoms with Crippen LogP contribution < -0.4 is 5.32 Å². The SMILES string of the molecule is Cc1c(C(C)NC(=O)c2cccc(Cn3cc(Br)cn3)c2)cnn1C. The number of nitrogens with one attached hydrogen (secondary N) is 1. The number of amides is 1. The van der Waals surface area contributed by atoms with Gasteiger partial charge in [-0.2, -0.15) is 10.2 Å². The Labute approximate surface area is 155 Å². The maximum Gasteiger partial charge on any atom is 0.251 e. The topological polar surface area (TPSA) is 64.7 Å². The number of carbonyl (C=O) groups is 1. The molecule has 0 bridgehead atoms. The van der Waals surface area contributed by atoms with Gasteiger partial charge in [-0.1, -0.05) is 12.1 Å². The van der Waals surface area contributed by atoms with Crippen molar-refractivity contribution in [3.05, 3.63) is 69.7 Å². The summed E-state index contributed by atoms with van der Waals surface area (Å²) >= 11 is 3.39. The molecule has 1 unspecified atom stereocenters. The first-order valence-corrected chi connectivity index (χ1v) is 8.79. The van der Waals surface area contributed by atoms with E-state index >= 15 is 0 Å². The lowest BCUT2D eigenvalue weighted by atomic mass is 10.1. The van der Waals surface area contributed by atoms with E-state index in [-0.39, 0.29) is 11.9 Å². The second-order valence-corrected chi connectivity index (χ2v) is 6.98. The van der Waals surface area contributed by atoms with Gasteiger partial charge < -0.3 is 5.32 Å². The number of aryl methyl sites for hydroxylation is 1. The van der Waals surface area contributed by atoms with E-state index in [2.05, 4.69) is 31.4 Å². The molecule has 0 saturated heterocycles. The van der Waals surface area contributed by atoms with Crippen molar-refractivity contribution in [2.24, 2.45) is 7.05 Å². The Morgan fingerprint density at radius 3 is 2.76 bits per heavy atom. The monoisotopic (exact) mass is 401 g/mol. The van der Waals surface area contributed by atoms with Crippen LogP contribution >= 0.6 is 15.9 Å². The Hall–Kier alpha value is -2.41. The van der Waals surface area contributed by atoms with Crippen molar-refractivity contribution in [1.29, 1.82) is 0 Å². The van der Waals surface area contributed by atoms with Gasteiger partial charge in [0.2, 0.25) is 0 Å². The standard InChI is InChI=1S/C18H20BrN5O/c1-12(17-9-20-23(3)13(17)2)22-18(25)15-6-4-5-14(7-15)10-24-11-16(19)8-21-24/h4-9,11-12H,10H2,1-3H3,(H,22,25). The van der Waals surface area contributed by atoms with Crippen LogP contribution in [0.25, 0.3) is 0 Å². The molecule has 130 valence electrons. The fourth-order valence-corrected chi connectivity index (χ4v) is 3.05. The van der Waals surface area contributed by atoms with E-state index < -0.39 is 0 Å². The first kappa shape index (κ1) is 17.4. The Kier molecular flexibility index (Phi) is 5.03. The molecule has 0 fully saturated rings. The van der Waals surface area contributed by atoms with Crippen molar-refractivity contribution in [3.63, 3.8) is 0 Å². The van der Waals surface area contributed by atoms with Crippen molar-refractivity contribution in [1.82, 2.24) is 24.9 Å². The molecule has 0 saturated carbocycles. The van der Waals surface area contributed by atoms with Crippen molar-refractivity contribution in [2.75, 3.05) is 0 Å². The average molecular weight is 402 g/mol. The molecule has 1 atom stereocenters. The predicted molar refractivity (Wildman–Crippen MR) is 99.3 cm³/mol. The van der Waals surface area contributed by atoms with E-state index in [9.17, 15) is 4.79 Å². The van der Waals surface area contributed by atoms with Crippen LogP contribution in [0.4, 0.5) is 0 Å². The zero-order valence-corrected chi connectivity index (χ0v) is 16.0. The lowest BCUT2D eigenvalue weighted by Gasteiger charge is -2.14. The predicted octanol–water partition coefficient (Wildman–Crippen LogP) is 3.23. The highest BCUT2D eigenvalue weighted by Crippen LogP contribution is 2.17. The average Bonchev–Trinajstić information content (AvgIpc) is 3.14. The molecule has 7 heteroatoms. The molecule has 3 rings (SSSR count). The first-order chi connectivity index (χ1) is 11.9. The second kappa shape index (κ2) is 7.23. The van der Waals surface area contributed by atoms with E-state index in [1.807, 2.05) is 56.0 Å². The number of carbonyl (C=O) groups excluding carboxylic acids is 1. The number of aromatic nitrogens is 4. The van der Waals surface area contributed by atoms with E-state index in [4.69, 9.17) is 0 Å². The number of nitrogens with zero attached hydrogens (tertiary/aromatic N) is 4. The van der Waals surface area contributed by atoms with Crippen LogP contribution in [-0.2, 0) is 13.6 Å². The normalized spacial score (nSPS) is 12.2. The zero-order valence-electron chi connectivity index (χ0n) is 14.4. The van der Waals surface area contributed by atoms with Gasteiger partial charge in [-0.25, -0.2) is 0 Å². The Balaban J connectivity index is 1.71. The third kappa shape index (κ3) is 3.99. The van der Waals surface area contributed by atoms with Gasteiger partial charge in [0.05, 0.1) is 29.5 Å².